The Balaban J connectivity index is 5.06. The van der Waals surface area contributed by atoms with E-state index in [4.69, 9.17) is 0 Å². The molecule has 0 bridgehead atoms. The summed E-state index contributed by atoms with van der Waals surface area (Å²) in [6, 6.07) is 0. The lowest BCUT2D eigenvalue weighted by atomic mass is 10.1. The quantitative estimate of drug-likeness (QED) is 0.577. The molecule has 0 rings (SSSR count). The third kappa shape index (κ3) is 3.97. The van der Waals surface area contributed by atoms with E-state index in [9.17, 15) is 13.2 Å². The lowest BCUT2D eigenvalue weighted by Crippen LogP contribution is -2.12. The summed E-state index contributed by atoms with van der Waals surface area (Å²) in [7, 11) is 0. The third-order valence-corrected chi connectivity index (χ3v) is 1.59. The fraction of sp³-hybridized carbons (Fsp3) is 0.400. The van der Waals surface area contributed by atoms with E-state index in [0.29, 0.717) is 5.57 Å². The Bertz CT molecular complexity index is 254. The van der Waals surface area contributed by atoms with Crippen LogP contribution in [0, 0.1) is 0 Å². The number of hydrogen-bond donors (Lipinski definition) is 0. The van der Waals surface area contributed by atoms with Crippen molar-refractivity contribution in [2.45, 2.75) is 26.9 Å². The van der Waals surface area contributed by atoms with E-state index in [2.05, 4.69) is 6.58 Å². The van der Waals surface area contributed by atoms with Crippen molar-refractivity contribution in [3.63, 3.8) is 0 Å². The smallest absolute Gasteiger partial charge is 0.166 e. The molecule has 0 aliphatic rings. The minimum absolute atomic E-state index is 0.0358. The van der Waals surface area contributed by atoms with E-state index in [1.807, 2.05) is 0 Å². The highest BCUT2D eigenvalue weighted by atomic mass is 19.4. The predicted molar refractivity (Wildman–Crippen MR) is 48.4 cm³/mol. The van der Waals surface area contributed by atoms with Gasteiger partial charge in [-0.1, -0.05) is 18.2 Å². The van der Waals surface area contributed by atoms with Crippen molar-refractivity contribution in [3.8, 4) is 0 Å². The summed E-state index contributed by atoms with van der Waals surface area (Å²) in [5.41, 5.74) is -0.0490. The summed E-state index contributed by atoms with van der Waals surface area (Å²) in [6.45, 7) is 7.96. The molecule has 0 atom stereocenters. The van der Waals surface area contributed by atoms with Crippen LogP contribution in [0.25, 0.3) is 0 Å². The van der Waals surface area contributed by atoms with Crippen LogP contribution in [-0.2, 0) is 0 Å². The van der Waals surface area contributed by atoms with Gasteiger partial charge >= 0.3 is 6.18 Å². The summed E-state index contributed by atoms with van der Waals surface area (Å²) in [4.78, 5) is 0. The van der Waals surface area contributed by atoms with Crippen molar-refractivity contribution in [1.82, 2.24) is 0 Å². The van der Waals surface area contributed by atoms with Gasteiger partial charge in [0.25, 0.3) is 0 Å². The highest BCUT2D eigenvalue weighted by molar-refractivity contribution is 5.36. The maximum atomic E-state index is 12.3. The molecule has 13 heavy (non-hydrogen) atoms. The SMILES string of the molecule is C=C(C)/C(=C\C(C)=C/C)C(F)(F)F. The molecule has 74 valence electrons. The summed E-state index contributed by atoms with van der Waals surface area (Å²) in [5, 5.41) is 0. The number of alkyl halides is 3. The zero-order valence-electron chi connectivity index (χ0n) is 8.00. The fourth-order valence-corrected chi connectivity index (χ4v) is 0.758. The van der Waals surface area contributed by atoms with Gasteiger partial charge in [-0.3, -0.25) is 0 Å². The highest BCUT2D eigenvalue weighted by Gasteiger charge is 2.33. The van der Waals surface area contributed by atoms with Crippen molar-refractivity contribution >= 4 is 0 Å². The molecule has 0 saturated heterocycles. The second kappa shape index (κ2) is 4.30. The first-order chi connectivity index (χ1) is 5.79. The molecule has 0 amide bonds. The lowest BCUT2D eigenvalue weighted by molar-refractivity contribution is -0.0893. The van der Waals surface area contributed by atoms with Crippen LogP contribution in [0.4, 0.5) is 13.2 Å². The topological polar surface area (TPSA) is 0 Å². The van der Waals surface area contributed by atoms with Gasteiger partial charge in [-0.05, 0) is 32.4 Å². The molecule has 0 saturated carbocycles. The van der Waals surface area contributed by atoms with E-state index >= 15 is 0 Å². The normalized spacial score (nSPS) is 14.6. The first kappa shape index (κ1) is 12.0. The Morgan fingerprint density at radius 1 is 1.23 bits per heavy atom. The minimum atomic E-state index is -4.31. The van der Waals surface area contributed by atoms with Gasteiger partial charge in [0, 0.05) is 0 Å². The Morgan fingerprint density at radius 2 is 1.69 bits per heavy atom. The minimum Gasteiger partial charge on any atom is -0.166 e. The molecule has 0 aromatic rings. The molecule has 0 spiro atoms. The average molecular weight is 190 g/mol. The van der Waals surface area contributed by atoms with Crippen LogP contribution in [0.1, 0.15) is 20.8 Å². The number of allylic oxidation sites excluding steroid dienone is 5. The zero-order valence-corrected chi connectivity index (χ0v) is 8.00. The summed E-state index contributed by atoms with van der Waals surface area (Å²) in [6.07, 6.45) is -1.59. The highest BCUT2D eigenvalue weighted by Crippen LogP contribution is 2.31. The zero-order chi connectivity index (χ0) is 10.6. The van der Waals surface area contributed by atoms with Gasteiger partial charge in [0.2, 0.25) is 0 Å². The van der Waals surface area contributed by atoms with Gasteiger partial charge in [0.15, 0.2) is 0 Å². The van der Waals surface area contributed by atoms with Gasteiger partial charge in [-0.25, -0.2) is 0 Å². The first-order valence-corrected chi connectivity index (χ1v) is 3.86. The number of rotatable bonds is 2. The second-order valence-corrected chi connectivity index (χ2v) is 2.87. The molecule has 0 nitrogen and oxygen atoms in total. The molecule has 0 fully saturated rings. The van der Waals surface area contributed by atoms with Gasteiger partial charge in [0.1, 0.15) is 0 Å². The van der Waals surface area contributed by atoms with Crippen LogP contribution in [-0.4, -0.2) is 6.18 Å². The Labute approximate surface area is 76.5 Å². The Kier molecular flexibility index (Phi) is 3.98. The molecule has 0 N–H and O–H groups in total. The van der Waals surface area contributed by atoms with Crippen LogP contribution < -0.4 is 0 Å². The van der Waals surface area contributed by atoms with E-state index in [1.54, 1.807) is 19.9 Å². The van der Waals surface area contributed by atoms with Crippen molar-refractivity contribution in [2.24, 2.45) is 0 Å². The molecule has 3 heteroatoms. The van der Waals surface area contributed by atoms with Gasteiger partial charge in [0.05, 0.1) is 5.57 Å². The Hall–Kier alpha value is -0.990. The summed E-state index contributed by atoms with van der Waals surface area (Å²) in [5.74, 6) is 0. The van der Waals surface area contributed by atoms with Crippen molar-refractivity contribution < 1.29 is 13.2 Å². The molecule has 0 aliphatic heterocycles. The molecule has 0 unspecified atom stereocenters. The van der Waals surface area contributed by atoms with Crippen LogP contribution in [0.15, 0.2) is 35.5 Å². The average Bonchev–Trinajstić information content (AvgIpc) is 1.96. The van der Waals surface area contributed by atoms with Gasteiger partial charge < -0.3 is 0 Å². The van der Waals surface area contributed by atoms with Crippen molar-refractivity contribution in [3.05, 3.63) is 35.5 Å². The maximum absolute atomic E-state index is 12.3. The monoisotopic (exact) mass is 190 g/mol. The largest absolute Gasteiger partial charge is 0.416 e. The van der Waals surface area contributed by atoms with Crippen molar-refractivity contribution in [2.75, 3.05) is 0 Å². The summed E-state index contributed by atoms with van der Waals surface area (Å²) < 4.78 is 36.9. The fourth-order valence-electron chi connectivity index (χ4n) is 0.758. The lowest BCUT2D eigenvalue weighted by Gasteiger charge is -2.11. The third-order valence-electron chi connectivity index (χ3n) is 1.59. The molecule has 0 heterocycles. The van der Waals surface area contributed by atoms with E-state index in [1.165, 1.54) is 6.92 Å². The van der Waals surface area contributed by atoms with E-state index < -0.39 is 11.7 Å². The van der Waals surface area contributed by atoms with Crippen LogP contribution in [0.5, 0.6) is 0 Å². The Morgan fingerprint density at radius 3 is 1.92 bits per heavy atom. The first-order valence-electron chi connectivity index (χ1n) is 3.86. The number of hydrogen-bond acceptors (Lipinski definition) is 0. The molecule has 0 radical (unpaired) electrons. The summed E-state index contributed by atoms with van der Waals surface area (Å²) >= 11 is 0. The van der Waals surface area contributed by atoms with Gasteiger partial charge in [-0.2, -0.15) is 13.2 Å². The predicted octanol–water partition coefficient (Wildman–Crippen LogP) is 4.02. The van der Waals surface area contributed by atoms with Gasteiger partial charge in [-0.15, -0.1) is 0 Å². The standard InChI is InChI=1S/C10H13F3/c1-5-8(4)6-9(7(2)3)10(11,12)13/h5-6H,2H2,1,3-4H3/b8-5-,9-6+. The van der Waals surface area contributed by atoms with E-state index in [0.717, 1.165) is 6.08 Å². The second-order valence-electron chi connectivity index (χ2n) is 2.87. The van der Waals surface area contributed by atoms with Crippen LogP contribution in [0.3, 0.4) is 0 Å². The van der Waals surface area contributed by atoms with Crippen molar-refractivity contribution in [1.29, 1.82) is 0 Å². The van der Waals surface area contributed by atoms with Crippen LogP contribution >= 0.6 is 0 Å². The van der Waals surface area contributed by atoms with Crippen LogP contribution in [0.2, 0.25) is 0 Å². The maximum Gasteiger partial charge on any atom is 0.416 e. The number of halogens is 3. The molecular weight excluding hydrogens is 177 g/mol. The molecule has 0 aliphatic carbocycles. The molecule has 0 aromatic carbocycles. The molecule has 0 aromatic heterocycles. The molecular formula is C10H13F3. The van der Waals surface area contributed by atoms with E-state index in [-0.39, 0.29) is 5.57 Å².